The van der Waals surface area contributed by atoms with Gasteiger partial charge >= 0.3 is 0 Å². The SMILES string of the molecule is CSCC(C)(O)CNS(=O)(=O)c1cc(N)cc(F)c1C. The lowest BCUT2D eigenvalue weighted by Gasteiger charge is -2.22. The van der Waals surface area contributed by atoms with Gasteiger partial charge in [-0.25, -0.2) is 17.5 Å². The normalized spacial score (nSPS) is 15.1. The van der Waals surface area contributed by atoms with Crippen LogP contribution >= 0.6 is 11.8 Å². The zero-order valence-corrected chi connectivity index (χ0v) is 13.2. The molecular weight excluding hydrogens is 303 g/mol. The largest absolute Gasteiger partial charge is 0.399 e. The van der Waals surface area contributed by atoms with E-state index in [0.717, 1.165) is 6.07 Å². The van der Waals surface area contributed by atoms with Crippen molar-refractivity contribution in [1.82, 2.24) is 4.72 Å². The van der Waals surface area contributed by atoms with Gasteiger partial charge in [0, 0.05) is 23.5 Å². The lowest BCUT2D eigenvalue weighted by molar-refractivity contribution is 0.0908. The minimum atomic E-state index is -3.93. The first-order valence-corrected chi connectivity index (χ1v) is 8.73. The Hall–Kier alpha value is -0.830. The third-order valence-corrected chi connectivity index (χ3v) is 5.14. The highest BCUT2D eigenvalue weighted by atomic mass is 32.2. The molecule has 0 bridgehead atoms. The Bertz CT molecular complexity index is 589. The summed E-state index contributed by atoms with van der Waals surface area (Å²) in [6.45, 7) is 2.73. The molecular formula is C12H19FN2O3S2. The van der Waals surface area contributed by atoms with Gasteiger partial charge in [0.2, 0.25) is 10.0 Å². The number of halogens is 1. The summed E-state index contributed by atoms with van der Waals surface area (Å²) < 4.78 is 40.1. The molecule has 114 valence electrons. The second-order valence-corrected chi connectivity index (χ2v) is 7.48. The number of hydrogen-bond acceptors (Lipinski definition) is 5. The number of rotatable bonds is 6. The second kappa shape index (κ2) is 6.30. The molecule has 1 rings (SSSR count). The smallest absolute Gasteiger partial charge is 0.241 e. The number of sulfonamides is 1. The van der Waals surface area contributed by atoms with Crippen LogP contribution in [0, 0.1) is 12.7 Å². The highest BCUT2D eigenvalue weighted by Gasteiger charge is 2.25. The maximum atomic E-state index is 13.5. The fourth-order valence-electron chi connectivity index (χ4n) is 1.64. The van der Waals surface area contributed by atoms with Crippen molar-refractivity contribution in [1.29, 1.82) is 0 Å². The molecule has 8 heteroatoms. The fourth-order valence-corrected chi connectivity index (χ4v) is 3.82. The minimum absolute atomic E-state index is 0.00351. The number of hydrogen-bond donors (Lipinski definition) is 3. The molecule has 1 atom stereocenters. The number of anilines is 1. The van der Waals surface area contributed by atoms with Gasteiger partial charge in [-0.2, -0.15) is 11.8 Å². The Kier molecular flexibility index (Phi) is 5.42. The first-order valence-electron chi connectivity index (χ1n) is 5.86. The summed E-state index contributed by atoms with van der Waals surface area (Å²) in [4.78, 5) is -0.213. The minimum Gasteiger partial charge on any atom is -0.399 e. The van der Waals surface area contributed by atoms with E-state index >= 15 is 0 Å². The number of benzene rings is 1. The van der Waals surface area contributed by atoms with Gasteiger partial charge in [0.05, 0.1) is 10.5 Å². The Morgan fingerprint density at radius 1 is 1.50 bits per heavy atom. The van der Waals surface area contributed by atoms with E-state index in [4.69, 9.17) is 5.73 Å². The predicted octanol–water partition coefficient (Wildman–Crippen LogP) is 1.11. The van der Waals surface area contributed by atoms with Crippen molar-refractivity contribution < 1.29 is 17.9 Å². The van der Waals surface area contributed by atoms with Crippen molar-refractivity contribution in [2.45, 2.75) is 24.3 Å². The van der Waals surface area contributed by atoms with Gasteiger partial charge in [-0.05, 0) is 32.2 Å². The number of nitrogen functional groups attached to an aromatic ring is 1. The third-order valence-electron chi connectivity index (χ3n) is 2.71. The topological polar surface area (TPSA) is 92.4 Å². The van der Waals surface area contributed by atoms with Crippen LogP contribution in [0.1, 0.15) is 12.5 Å². The van der Waals surface area contributed by atoms with Crippen molar-refractivity contribution in [2.75, 3.05) is 24.3 Å². The molecule has 0 aliphatic rings. The van der Waals surface area contributed by atoms with Crippen LogP contribution in [0.5, 0.6) is 0 Å². The highest BCUT2D eigenvalue weighted by Crippen LogP contribution is 2.22. The molecule has 0 aliphatic heterocycles. The maximum absolute atomic E-state index is 13.5. The molecule has 0 radical (unpaired) electrons. The lowest BCUT2D eigenvalue weighted by Crippen LogP contribution is -2.42. The molecule has 0 amide bonds. The fraction of sp³-hybridized carbons (Fsp3) is 0.500. The molecule has 1 aromatic rings. The number of thioether (sulfide) groups is 1. The first kappa shape index (κ1) is 17.2. The van der Waals surface area contributed by atoms with Crippen molar-refractivity contribution in [3.63, 3.8) is 0 Å². The van der Waals surface area contributed by atoms with Gasteiger partial charge < -0.3 is 10.8 Å². The van der Waals surface area contributed by atoms with Gasteiger partial charge in [0.25, 0.3) is 0 Å². The van der Waals surface area contributed by atoms with E-state index in [2.05, 4.69) is 4.72 Å². The Morgan fingerprint density at radius 3 is 2.65 bits per heavy atom. The second-order valence-electron chi connectivity index (χ2n) is 4.88. The number of aliphatic hydroxyl groups is 1. The van der Waals surface area contributed by atoms with Gasteiger partial charge in [0.15, 0.2) is 0 Å². The van der Waals surface area contributed by atoms with E-state index in [1.54, 1.807) is 6.26 Å². The van der Waals surface area contributed by atoms with Crippen molar-refractivity contribution in [2.24, 2.45) is 0 Å². The van der Waals surface area contributed by atoms with Crippen LogP contribution in [-0.4, -0.2) is 37.7 Å². The zero-order valence-electron chi connectivity index (χ0n) is 11.6. The molecule has 0 saturated heterocycles. The molecule has 0 heterocycles. The number of nitrogens with one attached hydrogen (secondary N) is 1. The molecule has 0 fully saturated rings. The molecule has 0 saturated carbocycles. The molecule has 0 aliphatic carbocycles. The quantitative estimate of drug-likeness (QED) is 0.682. The summed E-state index contributed by atoms with van der Waals surface area (Å²) in [5.41, 5.74) is 4.32. The van der Waals surface area contributed by atoms with Crippen molar-refractivity contribution in [3.8, 4) is 0 Å². The van der Waals surface area contributed by atoms with Crippen LogP contribution in [0.25, 0.3) is 0 Å². The first-order chi connectivity index (χ1) is 9.09. The van der Waals surface area contributed by atoms with Crippen molar-refractivity contribution >= 4 is 27.5 Å². The Morgan fingerprint density at radius 2 is 2.10 bits per heavy atom. The van der Waals surface area contributed by atoms with E-state index < -0.39 is 21.4 Å². The molecule has 1 aromatic carbocycles. The molecule has 0 spiro atoms. The molecule has 20 heavy (non-hydrogen) atoms. The molecule has 5 nitrogen and oxygen atoms in total. The molecule has 0 aromatic heterocycles. The summed E-state index contributed by atoms with van der Waals surface area (Å²) in [7, 11) is -3.93. The summed E-state index contributed by atoms with van der Waals surface area (Å²) in [5, 5.41) is 9.96. The average molecular weight is 322 g/mol. The van der Waals surface area contributed by atoms with Crippen molar-refractivity contribution in [3.05, 3.63) is 23.5 Å². The molecule has 4 N–H and O–H groups in total. The lowest BCUT2D eigenvalue weighted by atomic mass is 10.1. The van der Waals surface area contributed by atoms with E-state index in [9.17, 15) is 17.9 Å². The Labute approximate surface area is 122 Å². The van der Waals surface area contributed by atoms with E-state index in [-0.39, 0.29) is 22.7 Å². The average Bonchev–Trinajstić information content (AvgIpc) is 2.31. The van der Waals surface area contributed by atoms with Gasteiger partial charge in [-0.3, -0.25) is 0 Å². The predicted molar refractivity (Wildman–Crippen MR) is 79.7 cm³/mol. The van der Waals surface area contributed by atoms with Gasteiger partial charge in [0.1, 0.15) is 5.82 Å². The van der Waals surface area contributed by atoms with Crippen LogP contribution in [0.3, 0.4) is 0 Å². The van der Waals surface area contributed by atoms with Crippen LogP contribution in [0.4, 0.5) is 10.1 Å². The summed E-state index contributed by atoms with van der Waals surface area (Å²) in [6.07, 6.45) is 1.81. The Balaban J connectivity index is 3.01. The number of nitrogens with two attached hydrogens (primary N) is 1. The monoisotopic (exact) mass is 322 g/mol. The van der Waals surface area contributed by atoms with Gasteiger partial charge in [-0.1, -0.05) is 0 Å². The molecule has 1 unspecified atom stereocenters. The van der Waals surface area contributed by atoms with E-state index in [1.807, 2.05) is 0 Å². The van der Waals surface area contributed by atoms with Crippen LogP contribution in [0.2, 0.25) is 0 Å². The van der Waals surface area contributed by atoms with Crippen LogP contribution in [-0.2, 0) is 10.0 Å². The summed E-state index contributed by atoms with van der Waals surface area (Å²) in [5.74, 6) is -0.305. The highest BCUT2D eigenvalue weighted by molar-refractivity contribution is 7.98. The zero-order chi connectivity index (χ0) is 15.6. The maximum Gasteiger partial charge on any atom is 0.241 e. The summed E-state index contributed by atoms with van der Waals surface area (Å²) in [6, 6.07) is 2.27. The summed E-state index contributed by atoms with van der Waals surface area (Å²) >= 11 is 1.40. The van der Waals surface area contributed by atoms with Crippen LogP contribution < -0.4 is 10.5 Å². The van der Waals surface area contributed by atoms with E-state index in [1.165, 1.54) is 31.7 Å². The van der Waals surface area contributed by atoms with Crippen LogP contribution in [0.15, 0.2) is 17.0 Å². The standard InChI is InChI=1S/C12H19FN2O3S2/c1-8-10(13)4-9(14)5-11(8)20(17,18)15-6-12(2,16)7-19-3/h4-5,15-16H,6-7,14H2,1-3H3. The van der Waals surface area contributed by atoms with Gasteiger partial charge in [-0.15, -0.1) is 0 Å². The third kappa shape index (κ3) is 4.34. The van der Waals surface area contributed by atoms with E-state index in [0.29, 0.717) is 5.75 Å².